The Labute approximate surface area is 113 Å². The minimum absolute atomic E-state index is 0.578. The molecule has 2 saturated heterocycles. The Balaban J connectivity index is 1.51. The molecule has 3 atom stereocenters. The monoisotopic (exact) mass is 262 g/mol. The third-order valence-corrected chi connectivity index (χ3v) is 5.04. The molecule has 1 aliphatic carbocycles. The van der Waals surface area contributed by atoms with Gasteiger partial charge in [-0.05, 0) is 54.6 Å². The first-order valence-corrected chi connectivity index (χ1v) is 7.58. The highest BCUT2D eigenvalue weighted by molar-refractivity contribution is 5.00. The van der Waals surface area contributed by atoms with Crippen LogP contribution in [0.1, 0.15) is 38.1 Å². The largest absolute Gasteiger partial charge is 0.316 e. The van der Waals surface area contributed by atoms with E-state index in [-0.39, 0.29) is 0 Å². The van der Waals surface area contributed by atoms with Crippen LogP contribution < -0.4 is 5.32 Å². The fourth-order valence-corrected chi connectivity index (χ4v) is 3.95. The van der Waals surface area contributed by atoms with Crippen molar-refractivity contribution in [2.45, 2.75) is 44.8 Å². The summed E-state index contributed by atoms with van der Waals surface area (Å²) in [5.74, 6) is 2.72. The van der Waals surface area contributed by atoms with Gasteiger partial charge in [0.1, 0.15) is 0 Å². The average Bonchev–Trinajstić information content (AvgIpc) is 2.85. The van der Waals surface area contributed by atoms with E-state index in [0.29, 0.717) is 12.1 Å². The molecule has 19 heavy (non-hydrogen) atoms. The molecule has 0 amide bonds. The van der Waals surface area contributed by atoms with Crippen LogP contribution in [0.5, 0.6) is 0 Å². The highest BCUT2D eigenvalue weighted by Gasteiger charge is 2.43. The predicted octanol–water partition coefficient (Wildman–Crippen LogP) is 0.438. The van der Waals surface area contributed by atoms with Crippen LogP contribution in [0.4, 0.5) is 0 Å². The summed E-state index contributed by atoms with van der Waals surface area (Å²) < 4.78 is 2.05. The molecule has 1 aromatic rings. The fraction of sp³-hybridized carbons (Fsp3) is 0.923. The van der Waals surface area contributed by atoms with E-state index < -0.39 is 0 Å². The van der Waals surface area contributed by atoms with Gasteiger partial charge in [0.2, 0.25) is 0 Å². The van der Waals surface area contributed by atoms with Crippen LogP contribution in [0.15, 0.2) is 0 Å². The van der Waals surface area contributed by atoms with Crippen LogP contribution in [0.2, 0.25) is 0 Å². The van der Waals surface area contributed by atoms with Crippen LogP contribution in [0.25, 0.3) is 0 Å². The van der Waals surface area contributed by atoms with Gasteiger partial charge in [-0.2, -0.15) is 0 Å². The quantitative estimate of drug-likeness (QED) is 0.853. The van der Waals surface area contributed by atoms with E-state index in [4.69, 9.17) is 0 Å². The van der Waals surface area contributed by atoms with E-state index in [9.17, 15) is 0 Å². The Morgan fingerprint density at radius 1 is 1.32 bits per heavy atom. The van der Waals surface area contributed by atoms with E-state index in [2.05, 4.69) is 37.3 Å². The molecule has 0 radical (unpaired) electrons. The maximum absolute atomic E-state index is 4.25. The predicted molar refractivity (Wildman–Crippen MR) is 70.4 cm³/mol. The molecule has 0 aromatic carbocycles. The summed E-state index contributed by atoms with van der Waals surface area (Å²) in [4.78, 5) is 2.61. The Morgan fingerprint density at radius 2 is 2.21 bits per heavy atom. The van der Waals surface area contributed by atoms with Crippen molar-refractivity contribution < 1.29 is 0 Å². The van der Waals surface area contributed by atoms with E-state index in [1.165, 1.54) is 38.9 Å². The maximum atomic E-state index is 4.25. The van der Waals surface area contributed by atoms with Gasteiger partial charge in [-0.3, -0.25) is 4.90 Å². The fourth-order valence-electron chi connectivity index (χ4n) is 3.95. The van der Waals surface area contributed by atoms with Crippen molar-refractivity contribution in [2.24, 2.45) is 11.8 Å². The third kappa shape index (κ3) is 1.97. The normalized spacial score (nSPS) is 34.9. The van der Waals surface area contributed by atoms with E-state index in [1.54, 1.807) is 0 Å². The molecule has 3 aliphatic rings. The van der Waals surface area contributed by atoms with E-state index in [1.807, 2.05) is 0 Å². The second kappa shape index (κ2) is 4.52. The minimum Gasteiger partial charge on any atom is -0.316 e. The minimum atomic E-state index is 0.578. The molecule has 4 rings (SSSR count). The van der Waals surface area contributed by atoms with Crippen LogP contribution in [0, 0.1) is 11.8 Å². The van der Waals surface area contributed by atoms with Crippen LogP contribution >= 0.6 is 0 Å². The number of nitrogens with zero attached hydrogens (tertiary/aromatic N) is 5. The van der Waals surface area contributed by atoms with Gasteiger partial charge < -0.3 is 5.32 Å². The van der Waals surface area contributed by atoms with Crippen molar-refractivity contribution >= 4 is 0 Å². The highest BCUT2D eigenvalue weighted by atomic mass is 15.6. The lowest BCUT2D eigenvalue weighted by Gasteiger charge is -2.26. The molecule has 0 spiro atoms. The van der Waals surface area contributed by atoms with E-state index >= 15 is 0 Å². The van der Waals surface area contributed by atoms with Crippen molar-refractivity contribution in [3.05, 3.63) is 5.82 Å². The molecule has 1 aromatic heterocycles. The summed E-state index contributed by atoms with van der Waals surface area (Å²) in [6.07, 6.45) is 3.71. The lowest BCUT2D eigenvalue weighted by Crippen LogP contribution is -2.35. The summed E-state index contributed by atoms with van der Waals surface area (Å²) in [5, 5.41) is 15.8. The molecule has 1 saturated carbocycles. The van der Waals surface area contributed by atoms with Crippen molar-refractivity contribution in [1.82, 2.24) is 30.4 Å². The smallest absolute Gasteiger partial charge is 0.165 e. The van der Waals surface area contributed by atoms with Gasteiger partial charge in [-0.25, -0.2) is 4.68 Å². The first-order valence-electron chi connectivity index (χ1n) is 7.58. The lowest BCUT2D eigenvalue weighted by molar-refractivity contribution is 0.202. The zero-order valence-corrected chi connectivity index (χ0v) is 11.5. The van der Waals surface area contributed by atoms with Gasteiger partial charge in [0.15, 0.2) is 5.82 Å². The van der Waals surface area contributed by atoms with Gasteiger partial charge >= 0.3 is 0 Å². The molecule has 0 bridgehead atoms. The first kappa shape index (κ1) is 11.8. The molecular formula is C13H22N6. The average molecular weight is 262 g/mol. The SMILES string of the molecule is CCC1C2CNCC2CN1Cc1nnnn1C1CC1. The molecule has 6 nitrogen and oxygen atoms in total. The number of rotatable bonds is 4. The number of likely N-dealkylation sites (tertiary alicyclic amines) is 1. The van der Waals surface area contributed by atoms with Gasteiger partial charge in [0.05, 0.1) is 12.6 Å². The molecular weight excluding hydrogens is 240 g/mol. The zero-order valence-electron chi connectivity index (χ0n) is 11.5. The molecule has 3 fully saturated rings. The molecule has 3 unspecified atom stereocenters. The molecule has 1 N–H and O–H groups in total. The maximum Gasteiger partial charge on any atom is 0.165 e. The molecule has 6 heteroatoms. The van der Waals surface area contributed by atoms with Crippen LogP contribution in [-0.2, 0) is 6.54 Å². The summed E-state index contributed by atoms with van der Waals surface area (Å²) in [6.45, 7) is 6.81. The van der Waals surface area contributed by atoms with Gasteiger partial charge in [-0.1, -0.05) is 6.92 Å². The van der Waals surface area contributed by atoms with Crippen LogP contribution in [-0.4, -0.2) is 50.8 Å². The Morgan fingerprint density at radius 3 is 3.00 bits per heavy atom. The summed E-state index contributed by atoms with van der Waals surface area (Å²) in [7, 11) is 0. The first-order chi connectivity index (χ1) is 9.36. The number of aromatic nitrogens is 4. The van der Waals surface area contributed by atoms with Gasteiger partial charge in [-0.15, -0.1) is 5.10 Å². The highest BCUT2D eigenvalue weighted by Crippen LogP contribution is 2.37. The second-order valence-corrected chi connectivity index (χ2v) is 6.26. The summed E-state index contributed by atoms with van der Waals surface area (Å²) in [6, 6.07) is 1.28. The summed E-state index contributed by atoms with van der Waals surface area (Å²) >= 11 is 0. The number of nitrogens with one attached hydrogen (secondary N) is 1. The van der Waals surface area contributed by atoms with Gasteiger partial charge in [0.25, 0.3) is 0 Å². The topological polar surface area (TPSA) is 58.9 Å². The molecule has 104 valence electrons. The number of fused-ring (bicyclic) bond motifs is 1. The van der Waals surface area contributed by atoms with E-state index in [0.717, 1.165) is 24.2 Å². The third-order valence-electron chi connectivity index (χ3n) is 5.04. The number of tetrazole rings is 1. The summed E-state index contributed by atoms with van der Waals surface area (Å²) in [5.41, 5.74) is 0. The van der Waals surface area contributed by atoms with Crippen molar-refractivity contribution in [1.29, 1.82) is 0 Å². The second-order valence-electron chi connectivity index (χ2n) is 6.26. The van der Waals surface area contributed by atoms with Crippen molar-refractivity contribution in [3.63, 3.8) is 0 Å². The molecule has 3 heterocycles. The number of hydrogen-bond acceptors (Lipinski definition) is 5. The Kier molecular flexibility index (Phi) is 2.81. The Hall–Kier alpha value is -1.01. The van der Waals surface area contributed by atoms with Crippen LogP contribution in [0.3, 0.4) is 0 Å². The van der Waals surface area contributed by atoms with Gasteiger partial charge in [0, 0.05) is 12.6 Å². The number of hydrogen-bond donors (Lipinski definition) is 1. The zero-order chi connectivity index (χ0) is 12.8. The molecule has 2 aliphatic heterocycles. The standard InChI is InChI=1S/C13H22N6/c1-2-12-11-6-14-5-9(11)7-18(12)8-13-15-16-17-19(13)10-3-4-10/h9-12,14H,2-8H2,1H3. The lowest BCUT2D eigenvalue weighted by atomic mass is 9.93. The Bertz CT molecular complexity index is 454. The van der Waals surface area contributed by atoms with Crippen molar-refractivity contribution in [3.8, 4) is 0 Å². The van der Waals surface area contributed by atoms with Crippen molar-refractivity contribution in [2.75, 3.05) is 19.6 Å².